The maximum Gasteiger partial charge on any atom is 0.251 e. The predicted octanol–water partition coefficient (Wildman–Crippen LogP) is 4.06. The van der Waals surface area contributed by atoms with Crippen LogP contribution in [0.5, 0.6) is 5.75 Å². The first-order chi connectivity index (χ1) is 12.0. The number of pyridine rings is 1. The van der Waals surface area contributed by atoms with E-state index in [2.05, 4.69) is 10.3 Å². The van der Waals surface area contributed by atoms with Crippen molar-refractivity contribution in [2.45, 2.75) is 45.8 Å². The lowest BCUT2D eigenvalue weighted by atomic mass is 9.92. The number of nitrogens with one attached hydrogen (secondary N) is 1. The Hall–Kier alpha value is -1.82. The maximum absolute atomic E-state index is 12.6. The number of hydrogen-bond acceptors (Lipinski definition) is 4. The fraction of sp³-hybridized carbons (Fsp3) is 0.400. The largest absolute Gasteiger partial charge is 0.487 e. The third-order valence-electron chi connectivity index (χ3n) is 4.60. The van der Waals surface area contributed by atoms with E-state index in [1.807, 2.05) is 51.1 Å². The molecule has 0 atom stereocenters. The van der Waals surface area contributed by atoms with Gasteiger partial charge in [-0.05, 0) is 49.6 Å². The fourth-order valence-electron chi connectivity index (χ4n) is 2.59. The molecule has 1 aromatic carbocycles. The maximum atomic E-state index is 12.6. The summed E-state index contributed by atoms with van der Waals surface area (Å²) in [6.45, 7) is 6.82. The van der Waals surface area contributed by atoms with Crippen LogP contribution >= 0.6 is 24.8 Å². The van der Waals surface area contributed by atoms with Crippen molar-refractivity contribution < 1.29 is 9.53 Å². The topological polar surface area (TPSA) is 77.2 Å². The third kappa shape index (κ3) is 7.01. The number of rotatable bonds is 8. The van der Waals surface area contributed by atoms with Crippen LogP contribution in [0, 0.1) is 6.92 Å². The first kappa shape index (κ1) is 25.2. The van der Waals surface area contributed by atoms with Crippen molar-refractivity contribution in [1.82, 2.24) is 10.3 Å². The highest BCUT2D eigenvalue weighted by atomic mass is 35.5. The molecular weight excluding hydrogens is 385 g/mol. The number of amides is 1. The van der Waals surface area contributed by atoms with Gasteiger partial charge >= 0.3 is 0 Å². The monoisotopic (exact) mass is 413 g/mol. The van der Waals surface area contributed by atoms with E-state index in [-0.39, 0.29) is 36.3 Å². The number of benzene rings is 1. The molecule has 0 fully saturated rings. The number of hydrogen-bond donors (Lipinski definition) is 2. The SMILES string of the molecule is CCC(CC)(CN)NC(=O)c1cccc(COc2ccc(C)nc2)c1.Cl.Cl. The Morgan fingerprint density at radius 3 is 2.44 bits per heavy atom. The summed E-state index contributed by atoms with van der Waals surface area (Å²) in [6, 6.07) is 11.2. The highest BCUT2D eigenvalue weighted by molar-refractivity contribution is 5.94. The van der Waals surface area contributed by atoms with E-state index < -0.39 is 0 Å². The molecule has 1 heterocycles. The van der Waals surface area contributed by atoms with Gasteiger partial charge in [0.1, 0.15) is 12.4 Å². The van der Waals surface area contributed by atoms with Crippen molar-refractivity contribution in [3.63, 3.8) is 0 Å². The second-order valence-corrected chi connectivity index (χ2v) is 6.27. The first-order valence-electron chi connectivity index (χ1n) is 8.69. The lowest BCUT2D eigenvalue weighted by Gasteiger charge is -2.31. The van der Waals surface area contributed by atoms with Crippen molar-refractivity contribution >= 4 is 30.7 Å². The molecule has 0 aliphatic carbocycles. The Bertz CT molecular complexity index is 696. The third-order valence-corrected chi connectivity index (χ3v) is 4.60. The lowest BCUT2D eigenvalue weighted by molar-refractivity contribution is 0.0895. The molecular formula is C20H29Cl2N3O2. The highest BCUT2D eigenvalue weighted by Crippen LogP contribution is 2.16. The number of carbonyl (C=O) groups is 1. The minimum atomic E-state index is -0.350. The van der Waals surface area contributed by atoms with Crippen LogP contribution in [-0.2, 0) is 6.61 Å². The van der Waals surface area contributed by atoms with Gasteiger partial charge in [-0.2, -0.15) is 0 Å². The minimum Gasteiger partial charge on any atom is -0.487 e. The van der Waals surface area contributed by atoms with Gasteiger partial charge in [-0.25, -0.2) is 0 Å². The summed E-state index contributed by atoms with van der Waals surface area (Å²) in [6.07, 6.45) is 3.30. The van der Waals surface area contributed by atoms with Gasteiger partial charge in [0.05, 0.1) is 11.7 Å². The number of ether oxygens (including phenoxy) is 1. The molecule has 5 nitrogen and oxygen atoms in total. The standard InChI is InChI=1S/C20H27N3O2.2ClH/c1-4-20(5-2,14-21)23-19(24)17-8-6-7-16(11-17)13-25-18-10-9-15(3)22-12-18;;/h6-12H,4-5,13-14,21H2,1-3H3,(H,23,24);2*1H. The number of carbonyl (C=O) groups excluding carboxylic acids is 1. The van der Waals surface area contributed by atoms with E-state index in [1.54, 1.807) is 12.3 Å². The Kier molecular flexibility index (Phi) is 11.0. The van der Waals surface area contributed by atoms with Crippen molar-refractivity contribution in [2.75, 3.05) is 6.54 Å². The molecule has 3 N–H and O–H groups in total. The molecule has 0 unspecified atom stereocenters. The molecule has 0 aliphatic heterocycles. The normalized spacial score (nSPS) is 10.4. The van der Waals surface area contributed by atoms with Crippen molar-refractivity contribution in [3.8, 4) is 5.75 Å². The molecule has 0 saturated carbocycles. The van der Waals surface area contributed by atoms with E-state index >= 15 is 0 Å². The summed E-state index contributed by atoms with van der Waals surface area (Å²) in [7, 11) is 0. The van der Waals surface area contributed by atoms with Gasteiger partial charge in [0.15, 0.2) is 0 Å². The minimum absolute atomic E-state index is 0. The van der Waals surface area contributed by atoms with E-state index in [0.717, 1.165) is 24.1 Å². The van der Waals surface area contributed by atoms with Gasteiger partial charge in [-0.1, -0.05) is 26.0 Å². The smallest absolute Gasteiger partial charge is 0.251 e. The van der Waals surface area contributed by atoms with Crippen LogP contribution in [-0.4, -0.2) is 23.0 Å². The van der Waals surface area contributed by atoms with E-state index in [0.29, 0.717) is 24.5 Å². The number of halogens is 2. The Balaban J connectivity index is 0.00000338. The van der Waals surface area contributed by atoms with Gasteiger partial charge in [0.25, 0.3) is 5.91 Å². The van der Waals surface area contributed by atoms with Crippen LogP contribution in [0.2, 0.25) is 0 Å². The van der Waals surface area contributed by atoms with Crippen LogP contribution in [0.3, 0.4) is 0 Å². The van der Waals surface area contributed by atoms with E-state index in [9.17, 15) is 4.79 Å². The molecule has 27 heavy (non-hydrogen) atoms. The summed E-state index contributed by atoms with van der Waals surface area (Å²) in [5, 5.41) is 3.09. The first-order valence-corrected chi connectivity index (χ1v) is 8.69. The zero-order valence-electron chi connectivity index (χ0n) is 16.0. The van der Waals surface area contributed by atoms with Crippen LogP contribution in [0.25, 0.3) is 0 Å². The van der Waals surface area contributed by atoms with Crippen LogP contribution in [0.15, 0.2) is 42.6 Å². The van der Waals surface area contributed by atoms with Gasteiger partial charge in [0, 0.05) is 17.8 Å². The number of aromatic nitrogens is 1. The number of aryl methyl sites for hydroxylation is 1. The summed E-state index contributed by atoms with van der Waals surface area (Å²) >= 11 is 0. The molecule has 150 valence electrons. The Morgan fingerprint density at radius 1 is 1.19 bits per heavy atom. The zero-order chi connectivity index (χ0) is 18.3. The quantitative estimate of drug-likeness (QED) is 0.683. The zero-order valence-corrected chi connectivity index (χ0v) is 17.7. The molecule has 0 bridgehead atoms. The Morgan fingerprint density at radius 2 is 1.89 bits per heavy atom. The second-order valence-electron chi connectivity index (χ2n) is 6.27. The van der Waals surface area contributed by atoms with Gasteiger partial charge < -0.3 is 15.8 Å². The molecule has 2 rings (SSSR count). The molecule has 0 aliphatic rings. The van der Waals surface area contributed by atoms with Gasteiger partial charge in [-0.15, -0.1) is 24.8 Å². The highest BCUT2D eigenvalue weighted by Gasteiger charge is 2.26. The molecule has 0 spiro atoms. The predicted molar refractivity (Wildman–Crippen MR) is 114 cm³/mol. The number of nitrogens with zero attached hydrogens (tertiary/aromatic N) is 1. The summed E-state index contributed by atoms with van der Waals surface area (Å²) in [5.74, 6) is 0.604. The molecule has 1 amide bonds. The molecule has 0 radical (unpaired) electrons. The molecule has 2 aromatic rings. The van der Waals surface area contributed by atoms with E-state index in [4.69, 9.17) is 10.5 Å². The fourth-order valence-corrected chi connectivity index (χ4v) is 2.59. The number of nitrogens with two attached hydrogens (primary N) is 1. The van der Waals surface area contributed by atoms with Crippen LogP contribution < -0.4 is 15.8 Å². The van der Waals surface area contributed by atoms with Gasteiger partial charge in [0.2, 0.25) is 0 Å². The van der Waals surface area contributed by atoms with Crippen molar-refractivity contribution in [2.24, 2.45) is 5.73 Å². The van der Waals surface area contributed by atoms with Crippen molar-refractivity contribution in [3.05, 3.63) is 59.4 Å². The average Bonchev–Trinajstić information content (AvgIpc) is 2.66. The Labute approximate surface area is 173 Å². The average molecular weight is 414 g/mol. The van der Waals surface area contributed by atoms with E-state index in [1.165, 1.54) is 0 Å². The molecule has 0 saturated heterocycles. The van der Waals surface area contributed by atoms with Crippen LogP contribution in [0.4, 0.5) is 0 Å². The molecule has 1 aromatic heterocycles. The summed E-state index contributed by atoms with van der Waals surface area (Å²) in [4.78, 5) is 16.8. The molecule has 7 heteroatoms. The summed E-state index contributed by atoms with van der Waals surface area (Å²) < 4.78 is 5.73. The van der Waals surface area contributed by atoms with Gasteiger partial charge in [-0.3, -0.25) is 9.78 Å². The summed E-state index contributed by atoms with van der Waals surface area (Å²) in [5.41, 5.74) is 8.01. The lowest BCUT2D eigenvalue weighted by Crippen LogP contribution is -2.52. The second kappa shape index (κ2) is 11.8. The van der Waals surface area contributed by atoms with Crippen molar-refractivity contribution in [1.29, 1.82) is 0 Å². The van der Waals surface area contributed by atoms with Crippen LogP contribution in [0.1, 0.15) is 48.3 Å².